The molecule has 1 aliphatic carbocycles. The SMILES string of the molecule is O=C([O-])[C@H]1CCCC[C@@H]1C(=O)N1CCN(c2ccc([N+](=O)[O-])cc2)CC1. The Balaban J connectivity index is 1.59. The molecule has 0 unspecified atom stereocenters. The van der Waals surface area contributed by atoms with Crippen molar-refractivity contribution in [2.24, 2.45) is 11.8 Å². The summed E-state index contributed by atoms with van der Waals surface area (Å²) in [5.41, 5.74) is 0.932. The van der Waals surface area contributed by atoms with Crippen LogP contribution in [0.25, 0.3) is 0 Å². The average Bonchev–Trinajstić information content (AvgIpc) is 2.67. The smallest absolute Gasteiger partial charge is 0.269 e. The van der Waals surface area contributed by atoms with E-state index in [1.165, 1.54) is 12.1 Å². The number of benzene rings is 1. The van der Waals surface area contributed by atoms with E-state index in [0.717, 1.165) is 18.5 Å². The third-order valence-electron chi connectivity index (χ3n) is 5.40. The molecule has 2 fully saturated rings. The molecule has 0 aromatic heterocycles. The van der Waals surface area contributed by atoms with E-state index < -0.39 is 22.7 Å². The van der Waals surface area contributed by atoms with Gasteiger partial charge in [-0.15, -0.1) is 0 Å². The number of anilines is 1. The van der Waals surface area contributed by atoms with Gasteiger partial charge in [-0.1, -0.05) is 12.8 Å². The van der Waals surface area contributed by atoms with E-state index in [1.807, 2.05) is 0 Å². The molecule has 3 rings (SSSR count). The molecule has 1 saturated carbocycles. The number of carboxylic acid groups (broad SMARTS) is 1. The Hall–Kier alpha value is -2.64. The normalized spacial score (nSPS) is 23.5. The molecule has 0 radical (unpaired) electrons. The van der Waals surface area contributed by atoms with E-state index in [0.29, 0.717) is 39.0 Å². The van der Waals surface area contributed by atoms with E-state index in [-0.39, 0.29) is 11.6 Å². The lowest BCUT2D eigenvalue weighted by molar-refractivity contribution is -0.384. The maximum atomic E-state index is 12.8. The average molecular weight is 360 g/mol. The van der Waals surface area contributed by atoms with Crippen LogP contribution in [0.5, 0.6) is 0 Å². The molecule has 2 aliphatic rings. The Kier molecular flexibility index (Phi) is 5.39. The molecule has 2 atom stereocenters. The molecule has 0 bridgehead atoms. The molecule has 1 saturated heterocycles. The van der Waals surface area contributed by atoms with E-state index in [1.54, 1.807) is 17.0 Å². The van der Waals surface area contributed by atoms with Gasteiger partial charge in [0.25, 0.3) is 5.69 Å². The van der Waals surface area contributed by atoms with Crippen LogP contribution in [0, 0.1) is 22.0 Å². The quantitative estimate of drug-likeness (QED) is 0.581. The number of nitro groups is 1. The van der Waals surface area contributed by atoms with Crippen LogP contribution in [0.1, 0.15) is 25.7 Å². The number of hydrogen-bond acceptors (Lipinski definition) is 6. The first kappa shape index (κ1) is 18.2. The maximum absolute atomic E-state index is 12.8. The van der Waals surface area contributed by atoms with Gasteiger partial charge >= 0.3 is 0 Å². The molecule has 140 valence electrons. The molecular formula is C18H22N3O5-. The number of hydrogen-bond donors (Lipinski definition) is 0. The van der Waals surface area contributed by atoms with Crippen molar-refractivity contribution in [3.05, 3.63) is 34.4 Å². The van der Waals surface area contributed by atoms with Crippen LogP contribution in [-0.4, -0.2) is 47.9 Å². The highest BCUT2D eigenvalue weighted by Gasteiger charge is 2.35. The first-order valence-electron chi connectivity index (χ1n) is 8.96. The molecule has 0 spiro atoms. The van der Waals surface area contributed by atoms with Crippen LogP contribution in [0.2, 0.25) is 0 Å². The van der Waals surface area contributed by atoms with Crippen molar-refractivity contribution in [3.8, 4) is 0 Å². The van der Waals surface area contributed by atoms with Crippen molar-refractivity contribution in [1.82, 2.24) is 4.90 Å². The van der Waals surface area contributed by atoms with E-state index >= 15 is 0 Å². The van der Waals surface area contributed by atoms with Gasteiger partial charge in [0.1, 0.15) is 0 Å². The fraction of sp³-hybridized carbons (Fsp3) is 0.556. The van der Waals surface area contributed by atoms with Crippen molar-refractivity contribution in [2.75, 3.05) is 31.1 Å². The number of nitro benzene ring substituents is 1. The monoisotopic (exact) mass is 360 g/mol. The second kappa shape index (κ2) is 7.72. The summed E-state index contributed by atoms with van der Waals surface area (Å²) >= 11 is 0. The summed E-state index contributed by atoms with van der Waals surface area (Å²) in [5.74, 6) is -2.35. The van der Waals surface area contributed by atoms with Crippen LogP contribution in [0.4, 0.5) is 11.4 Å². The third kappa shape index (κ3) is 3.79. The summed E-state index contributed by atoms with van der Waals surface area (Å²) in [7, 11) is 0. The number of rotatable bonds is 4. The van der Waals surface area contributed by atoms with E-state index in [9.17, 15) is 24.8 Å². The minimum atomic E-state index is -1.12. The predicted molar refractivity (Wildman–Crippen MR) is 92.3 cm³/mol. The number of aliphatic carboxylic acids is 1. The van der Waals surface area contributed by atoms with Gasteiger partial charge in [0.05, 0.1) is 4.92 Å². The molecule has 1 amide bonds. The van der Waals surface area contributed by atoms with Crippen LogP contribution in [-0.2, 0) is 9.59 Å². The Bertz CT molecular complexity index is 683. The molecule has 26 heavy (non-hydrogen) atoms. The van der Waals surface area contributed by atoms with Gasteiger partial charge < -0.3 is 19.7 Å². The molecule has 8 nitrogen and oxygen atoms in total. The summed E-state index contributed by atoms with van der Waals surface area (Å²) in [6, 6.07) is 6.37. The zero-order valence-corrected chi connectivity index (χ0v) is 14.5. The van der Waals surface area contributed by atoms with Gasteiger partial charge in [-0.25, -0.2) is 0 Å². The van der Waals surface area contributed by atoms with Gasteiger partial charge in [0, 0.05) is 61.8 Å². The molecule has 8 heteroatoms. The minimum Gasteiger partial charge on any atom is -0.550 e. The van der Waals surface area contributed by atoms with Crippen molar-refractivity contribution in [1.29, 1.82) is 0 Å². The molecule has 1 heterocycles. The molecule has 0 N–H and O–H groups in total. The number of nitrogens with zero attached hydrogens (tertiary/aromatic N) is 3. The third-order valence-corrected chi connectivity index (χ3v) is 5.40. The number of carboxylic acids is 1. The first-order valence-corrected chi connectivity index (χ1v) is 8.96. The van der Waals surface area contributed by atoms with Gasteiger partial charge in [0.2, 0.25) is 5.91 Å². The lowest BCUT2D eigenvalue weighted by Gasteiger charge is -2.40. The fourth-order valence-electron chi connectivity index (χ4n) is 3.91. The highest BCUT2D eigenvalue weighted by molar-refractivity contribution is 5.84. The Labute approximate surface area is 151 Å². The van der Waals surface area contributed by atoms with Gasteiger partial charge in [0.15, 0.2) is 0 Å². The lowest BCUT2D eigenvalue weighted by Crippen LogP contribution is -2.53. The van der Waals surface area contributed by atoms with Crippen molar-refractivity contribution >= 4 is 23.3 Å². The van der Waals surface area contributed by atoms with Crippen LogP contribution in [0.3, 0.4) is 0 Å². The van der Waals surface area contributed by atoms with Gasteiger partial charge in [-0.05, 0) is 25.0 Å². The predicted octanol–water partition coefficient (Wildman–Crippen LogP) is 0.800. The topological polar surface area (TPSA) is 107 Å². The number of amides is 1. The standard InChI is InChI=1S/C18H23N3O5/c22-17(15-3-1-2-4-16(15)18(23)24)20-11-9-19(10-12-20)13-5-7-14(8-6-13)21(25)26/h5-8,15-16H,1-4,9-12H2,(H,23,24)/p-1/t15-,16-/m0/s1. The minimum absolute atomic E-state index is 0.0492. The number of carbonyl (C=O) groups excluding carboxylic acids is 2. The molecular weight excluding hydrogens is 338 g/mol. The second-order valence-electron chi connectivity index (χ2n) is 6.90. The van der Waals surface area contributed by atoms with Crippen molar-refractivity contribution in [2.45, 2.75) is 25.7 Å². The molecule has 1 aromatic carbocycles. The van der Waals surface area contributed by atoms with E-state index in [2.05, 4.69) is 4.90 Å². The zero-order chi connectivity index (χ0) is 18.7. The van der Waals surface area contributed by atoms with Crippen LogP contribution in [0.15, 0.2) is 24.3 Å². The second-order valence-corrected chi connectivity index (χ2v) is 6.90. The van der Waals surface area contributed by atoms with Crippen molar-refractivity contribution in [3.63, 3.8) is 0 Å². The van der Waals surface area contributed by atoms with E-state index in [4.69, 9.17) is 0 Å². The molecule has 1 aromatic rings. The number of non-ortho nitro benzene ring substituents is 1. The number of piperazine rings is 1. The maximum Gasteiger partial charge on any atom is 0.269 e. The van der Waals surface area contributed by atoms with Gasteiger partial charge in [-0.2, -0.15) is 0 Å². The van der Waals surface area contributed by atoms with Gasteiger partial charge in [-0.3, -0.25) is 14.9 Å². The largest absolute Gasteiger partial charge is 0.550 e. The summed E-state index contributed by atoms with van der Waals surface area (Å²) in [4.78, 5) is 38.2. The molecule has 1 aliphatic heterocycles. The first-order chi connectivity index (χ1) is 12.5. The lowest BCUT2D eigenvalue weighted by atomic mass is 9.78. The highest BCUT2D eigenvalue weighted by atomic mass is 16.6. The Morgan fingerprint density at radius 3 is 2.08 bits per heavy atom. The summed E-state index contributed by atoms with van der Waals surface area (Å²) in [6.45, 7) is 2.27. The fourth-order valence-corrected chi connectivity index (χ4v) is 3.91. The Morgan fingerprint density at radius 2 is 1.54 bits per heavy atom. The number of carbonyl (C=O) groups is 2. The zero-order valence-electron chi connectivity index (χ0n) is 14.5. The Morgan fingerprint density at radius 1 is 0.962 bits per heavy atom. The summed E-state index contributed by atoms with van der Waals surface area (Å²) in [5, 5.41) is 22.1. The summed E-state index contributed by atoms with van der Waals surface area (Å²) in [6.07, 6.45) is 2.83. The van der Waals surface area contributed by atoms with Crippen LogP contribution >= 0.6 is 0 Å². The van der Waals surface area contributed by atoms with Crippen molar-refractivity contribution < 1.29 is 19.6 Å². The van der Waals surface area contributed by atoms with Crippen LogP contribution < -0.4 is 10.0 Å². The highest BCUT2D eigenvalue weighted by Crippen LogP contribution is 2.31. The summed E-state index contributed by atoms with van der Waals surface area (Å²) < 4.78 is 0.